The molecule has 4 heteroatoms. The van der Waals surface area contributed by atoms with E-state index in [1.54, 1.807) is 12.3 Å². The average molecular weight is 218 g/mol. The van der Waals surface area contributed by atoms with Gasteiger partial charge in [0.15, 0.2) is 11.4 Å². The van der Waals surface area contributed by atoms with Crippen molar-refractivity contribution in [2.75, 3.05) is 0 Å². The largest absolute Gasteiger partial charge is 0.329 e. The first-order chi connectivity index (χ1) is 7.31. The molecule has 0 radical (unpaired) electrons. The van der Waals surface area contributed by atoms with E-state index in [9.17, 15) is 4.79 Å². The van der Waals surface area contributed by atoms with Crippen LogP contribution in [0.3, 0.4) is 0 Å². The predicted octanol–water partition coefficient (Wildman–Crippen LogP) is 2.38. The van der Waals surface area contributed by atoms with Crippen molar-refractivity contribution >= 4 is 18.0 Å². The van der Waals surface area contributed by atoms with Crippen LogP contribution in [0.4, 0.5) is 0 Å². The summed E-state index contributed by atoms with van der Waals surface area (Å²) in [6.07, 6.45) is 4.49. The molecule has 0 saturated heterocycles. The lowest BCUT2D eigenvalue weighted by atomic mass is 10.2. The number of aldehydes is 1. The highest BCUT2D eigenvalue weighted by Crippen LogP contribution is 2.27. The molecule has 0 aliphatic carbocycles. The number of carbonyl (C=O) groups excluding carboxylic acids is 1. The fourth-order valence-corrected chi connectivity index (χ4v) is 2.12. The lowest BCUT2D eigenvalue weighted by Gasteiger charge is -2.03. The third kappa shape index (κ3) is 2.10. The molecular weight excluding hydrogens is 208 g/mol. The Morgan fingerprint density at radius 2 is 2.20 bits per heavy atom. The summed E-state index contributed by atoms with van der Waals surface area (Å²) >= 11 is 1.49. The molecule has 1 heterocycles. The van der Waals surface area contributed by atoms with Crippen molar-refractivity contribution in [3.8, 4) is 0 Å². The number of carbonyl (C=O) groups is 1. The second kappa shape index (κ2) is 4.31. The number of rotatable bonds is 3. The third-order valence-electron chi connectivity index (χ3n) is 2.02. The molecule has 0 N–H and O–H groups in total. The number of imidazole rings is 1. The van der Waals surface area contributed by atoms with Gasteiger partial charge in [0.25, 0.3) is 0 Å². The van der Waals surface area contributed by atoms with Gasteiger partial charge in [-0.3, -0.25) is 4.79 Å². The van der Waals surface area contributed by atoms with Gasteiger partial charge in [-0.2, -0.15) is 0 Å². The zero-order valence-corrected chi connectivity index (χ0v) is 9.07. The van der Waals surface area contributed by atoms with Crippen LogP contribution in [0.1, 0.15) is 10.4 Å². The first-order valence-electron chi connectivity index (χ1n) is 4.50. The summed E-state index contributed by atoms with van der Waals surface area (Å²) in [5.74, 6) is 0. The maximum atomic E-state index is 10.8. The van der Waals surface area contributed by atoms with Crippen LogP contribution in [0.2, 0.25) is 0 Å². The summed E-state index contributed by atoms with van der Waals surface area (Å²) < 4.78 is 1.92. The number of benzene rings is 1. The minimum absolute atomic E-state index is 0.700. The topological polar surface area (TPSA) is 34.9 Å². The van der Waals surface area contributed by atoms with Crippen LogP contribution in [0.25, 0.3) is 0 Å². The highest BCUT2D eigenvalue weighted by molar-refractivity contribution is 7.99. The summed E-state index contributed by atoms with van der Waals surface area (Å²) in [4.78, 5) is 15.9. The summed E-state index contributed by atoms with van der Waals surface area (Å²) in [6, 6.07) is 7.49. The van der Waals surface area contributed by atoms with E-state index < -0.39 is 0 Å². The molecule has 0 spiro atoms. The molecule has 0 unspecified atom stereocenters. The van der Waals surface area contributed by atoms with Crippen LogP contribution in [0, 0.1) is 0 Å². The molecule has 0 aliphatic heterocycles. The van der Waals surface area contributed by atoms with Gasteiger partial charge in [-0.05, 0) is 6.07 Å². The zero-order chi connectivity index (χ0) is 10.7. The van der Waals surface area contributed by atoms with E-state index in [0.29, 0.717) is 5.56 Å². The minimum Gasteiger partial charge on any atom is -0.329 e. The maximum absolute atomic E-state index is 10.8. The molecule has 2 aromatic rings. The zero-order valence-electron chi connectivity index (χ0n) is 8.25. The monoisotopic (exact) mass is 218 g/mol. The lowest BCUT2D eigenvalue weighted by Crippen LogP contribution is -1.90. The number of hydrogen-bond donors (Lipinski definition) is 0. The van der Waals surface area contributed by atoms with E-state index in [-0.39, 0.29) is 0 Å². The Hall–Kier alpha value is -1.55. The highest BCUT2D eigenvalue weighted by Gasteiger charge is 2.05. The summed E-state index contributed by atoms with van der Waals surface area (Å²) in [7, 11) is 1.93. The molecule has 0 saturated carbocycles. The summed E-state index contributed by atoms with van der Waals surface area (Å²) in [5.41, 5.74) is 0.700. The quantitative estimate of drug-likeness (QED) is 0.742. The standard InChI is InChI=1S/C11H10N2OS/c1-13-7-6-12-11(13)15-10-5-3-2-4-9(10)8-14/h2-8H,1H3. The average Bonchev–Trinajstić information content (AvgIpc) is 2.65. The van der Waals surface area contributed by atoms with Gasteiger partial charge in [0.1, 0.15) is 0 Å². The molecule has 0 fully saturated rings. The lowest BCUT2D eigenvalue weighted by molar-refractivity contribution is 0.112. The van der Waals surface area contributed by atoms with Crippen molar-refractivity contribution in [3.05, 3.63) is 42.2 Å². The molecule has 3 nitrogen and oxygen atoms in total. The van der Waals surface area contributed by atoms with Crippen molar-refractivity contribution in [2.24, 2.45) is 7.05 Å². The van der Waals surface area contributed by atoms with E-state index in [1.807, 2.05) is 36.0 Å². The van der Waals surface area contributed by atoms with Gasteiger partial charge in [-0.15, -0.1) is 0 Å². The van der Waals surface area contributed by atoms with E-state index in [4.69, 9.17) is 0 Å². The van der Waals surface area contributed by atoms with Gasteiger partial charge in [0.05, 0.1) is 0 Å². The third-order valence-corrected chi connectivity index (χ3v) is 3.19. The molecule has 1 aromatic carbocycles. The van der Waals surface area contributed by atoms with Gasteiger partial charge >= 0.3 is 0 Å². The van der Waals surface area contributed by atoms with E-state index in [2.05, 4.69) is 4.98 Å². The van der Waals surface area contributed by atoms with E-state index in [1.165, 1.54) is 11.8 Å². The number of hydrogen-bond acceptors (Lipinski definition) is 3. The van der Waals surface area contributed by atoms with Gasteiger partial charge < -0.3 is 4.57 Å². The van der Waals surface area contributed by atoms with Crippen LogP contribution in [-0.2, 0) is 7.05 Å². The van der Waals surface area contributed by atoms with Crippen molar-refractivity contribution in [2.45, 2.75) is 10.1 Å². The number of nitrogens with zero attached hydrogens (tertiary/aromatic N) is 2. The molecule has 0 atom stereocenters. The van der Waals surface area contributed by atoms with Crippen LogP contribution < -0.4 is 0 Å². The fraction of sp³-hybridized carbons (Fsp3) is 0.0909. The Balaban J connectivity index is 2.32. The Kier molecular flexibility index (Phi) is 2.87. The summed E-state index contributed by atoms with van der Waals surface area (Å²) in [5, 5.41) is 0.879. The Morgan fingerprint density at radius 3 is 2.87 bits per heavy atom. The normalized spacial score (nSPS) is 10.2. The first-order valence-corrected chi connectivity index (χ1v) is 5.32. The Bertz CT molecular complexity index is 479. The smallest absolute Gasteiger partial charge is 0.172 e. The minimum atomic E-state index is 0.700. The predicted molar refractivity (Wildman–Crippen MR) is 59.2 cm³/mol. The van der Waals surface area contributed by atoms with E-state index >= 15 is 0 Å². The SMILES string of the molecule is Cn1ccnc1Sc1ccccc1C=O. The van der Waals surface area contributed by atoms with Gasteiger partial charge in [-0.1, -0.05) is 30.0 Å². The molecule has 0 amide bonds. The van der Waals surface area contributed by atoms with Crippen molar-refractivity contribution in [1.29, 1.82) is 0 Å². The van der Waals surface area contributed by atoms with Crippen LogP contribution in [0.5, 0.6) is 0 Å². The molecule has 0 bridgehead atoms. The van der Waals surface area contributed by atoms with Gasteiger partial charge in [0, 0.05) is 29.9 Å². The van der Waals surface area contributed by atoms with Crippen molar-refractivity contribution < 1.29 is 4.79 Å². The van der Waals surface area contributed by atoms with Crippen LogP contribution in [-0.4, -0.2) is 15.8 Å². The van der Waals surface area contributed by atoms with Gasteiger partial charge in [-0.25, -0.2) is 4.98 Å². The Labute approximate surface area is 92.1 Å². The molecule has 0 aliphatic rings. The molecular formula is C11H10N2OS. The molecule has 76 valence electrons. The van der Waals surface area contributed by atoms with Crippen molar-refractivity contribution in [1.82, 2.24) is 9.55 Å². The highest BCUT2D eigenvalue weighted by atomic mass is 32.2. The molecule has 1 aromatic heterocycles. The van der Waals surface area contributed by atoms with Crippen molar-refractivity contribution in [3.63, 3.8) is 0 Å². The second-order valence-corrected chi connectivity index (χ2v) is 4.09. The molecule has 15 heavy (non-hydrogen) atoms. The Morgan fingerprint density at radius 1 is 1.40 bits per heavy atom. The maximum Gasteiger partial charge on any atom is 0.172 e. The van der Waals surface area contributed by atoms with E-state index in [0.717, 1.165) is 16.3 Å². The van der Waals surface area contributed by atoms with Crippen LogP contribution >= 0.6 is 11.8 Å². The number of aromatic nitrogens is 2. The van der Waals surface area contributed by atoms with Gasteiger partial charge in [0.2, 0.25) is 0 Å². The first kappa shape index (κ1) is 9.98. The fourth-order valence-electron chi connectivity index (χ4n) is 1.22. The molecule has 2 rings (SSSR count). The number of aryl methyl sites for hydroxylation is 1. The second-order valence-electron chi connectivity index (χ2n) is 3.08. The summed E-state index contributed by atoms with van der Waals surface area (Å²) in [6.45, 7) is 0. The van der Waals surface area contributed by atoms with Crippen LogP contribution in [0.15, 0.2) is 46.7 Å².